The van der Waals surface area contributed by atoms with Crippen LogP contribution in [0.1, 0.15) is 33.6 Å². The number of carbonyl (C=O) groups excluding carboxylic acids is 1. The minimum absolute atomic E-state index is 0.0647. The Balaban J connectivity index is 2.55. The van der Waals surface area contributed by atoms with E-state index < -0.39 is 16.1 Å². The maximum atomic E-state index is 12.2. The summed E-state index contributed by atoms with van der Waals surface area (Å²) in [6.45, 7) is 6.36. The Morgan fingerprint density at radius 1 is 1.36 bits per heavy atom. The zero-order valence-corrected chi connectivity index (χ0v) is 14.5. The lowest BCUT2D eigenvalue weighted by atomic mass is 10.1. The Morgan fingerprint density at radius 3 is 2.64 bits per heavy atom. The van der Waals surface area contributed by atoms with Crippen LogP contribution in [0, 0.1) is 5.92 Å². The number of nitrogens with zero attached hydrogens (tertiary/aromatic N) is 1. The summed E-state index contributed by atoms with van der Waals surface area (Å²) >= 11 is 5.79. The monoisotopic (exact) mass is 347 g/mol. The number of carbonyl (C=O) groups is 1. The van der Waals surface area contributed by atoms with Gasteiger partial charge in [0.05, 0.1) is 0 Å². The molecule has 22 heavy (non-hydrogen) atoms. The van der Waals surface area contributed by atoms with E-state index in [9.17, 15) is 13.2 Å². The molecule has 0 bridgehead atoms. The average molecular weight is 348 g/mol. The summed E-state index contributed by atoms with van der Waals surface area (Å²) in [5, 5.41) is 2.68. The van der Waals surface area contributed by atoms with E-state index in [1.807, 2.05) is 0 Å². The minimum atomic E-state index is -3.79. The van der Waals surface area contributed by atoms with Crippen molar-refractivity contribution in [3.8, 4) is 0 Å². The van der Waals surface area contributed by atoms with Crippen molar-refractivity contribution in [2.75, 3.05) is 6.54 Å². The SMILES string of the molecule is CC(C)CCNC(=O)C[C@H](C)NS(=O)(=O)c1cccnc1Cl. The molecule has 1 rings (SSSR count). The van der Waals surface area contributed by atoms with E-state index in [0.29, 0.717) is 12.5 Å². The van der Waals surface area contributed by atoms with Gasteiger partial charge in [0, 0.05) is 25.2 Å². The van der Waals surface area contributed by atoms with Gasteiger partial charge in [-0.2, -0.15) is 0 Å². The lowest BCUT2D eigenvalue weighted by molar-refractivity contribution is -0.121. The zero-order valence-electron chi connectivity index (χ0n) is 13.0. The molecule has 1 aromatic heterocycles. The second kappa shape index (κ2) is 8.45. The maximum absolute atomic E-state index is 12.2. The highest BCUT2D eigenvalue weighted by Gasteiger charge is 2.22. The van der Waals surface area contributed by atoms with Gasteiger partial charge in [-0.05, 0) is 31.4 Å². The lowest BCUT2D eigenvalue weighted by Gasteiger charge is -2.15. The molecule has 0 saturated carbocycles. The first-order valence-electron chi connectivity index (χ1n) is 7.12. The van der Waals surface area contributed by atoms with Crippen LogP contribution in [0.3, 0.4) is 0 Å². The van der Waals surface area contributed by atoms with E-state index in [1.165, 1.54) is 18.3 Å². The van der Waals surface area contributed by atoms with E-state index in [-0.39, 0.29) is 22.4 Å². The first-order chi connectivity index (χ1) is 10.2. The van der Waals surface area contributed by atoms with Gasteiger partial charge in [-0.25, -0.2) is 18.1 Å². The van der Waals surface area contributed by atoms with Gasteiger partial charge >= 0.3 is 0 Å². The van der Waals surface area contributed by atoms with Crippen molar-refractivity contribution in [1.82, 2.24) is 15.0 Å². The van der Waals surface area contributed by atoms with Crippen LogP contribution >= 0.6 is 11.6 Å². The second-order valence-corrected chi connectivity index (χ2v) is 7.59. The molecule has 2 N–H and O–H groups in total. The first-order valence-corrected chi connectivity index (χ1v) is 8.98. The summed E-state index contributed by atoms with van der Waals surface area (Å²) in [4.78, 5) is 15.4. The van der Waals surface area contributed by atoms with Crippen LogP contribution in [-0.2, 0) is 14.8 Å². The van der Waals surface area contributed by atoms with Gasteiger partial charge in [0.1, 0.15) is 10.0 Å². The van der Waals surface area contributed by atoms with Crippen molar-refractivity contribution in [3.05, 3.63) is 23.5 Å². The van der Waals surface area contributed by atoms with Crippen LogP contribution < -0.4 is 10.0 Å². The summed E-state index contributed by atoms with van der Waals surface area (Å²) in [5.74, 6) is 0.317. The normalized spacial score (nSPS) is 13.1. The van der Waals surface area contributed by atoms with Crippen LogP contribution in [0.2, 0.25) is 5.15 Å². The fraction of sp³-hybridized carbons (Fsp3) is 0.571. The number of rotatable bonds is 8. The van der Waals surface area contributed by atoms with Crippen molar-refractivity contribution in [3.63, 3.8) is 0 Å². The number of sulfonamides is 1. The van der Waals surface area contributed by atoms with Crippen molar-refractivity contribution < 1.29 is 13.2 Å². The summed E-state index contributed by atoms with van der Waals surface area (Å²) < 4.78 is 26.8. The van der Waals surface area contributed by atoms with E-state index in [0.717, 1.165) is 6.42 Å². The molecule has 0 aliphatic carbocycles. The molecule has 0 fully saturated rings. The van der Waals surface area contributed by atoms with Gasteiger partial charge in [0.25, 0.3) is 0 Å². The lowest BCUT2D eigenvalue weighted by Crippen LogP contribution is -2.37. The predicted octanol–water partition coefficient (Wildman–Crippen LogP) is 1.95. The molecule has 0 radical (unpaired) electrons. The number of hydrogen-bond donors (Lipinski definition) is 2. The molecule has 8 heteroatoms. The van der Waals surface area contributed by atoms with E-state index in [4.69, 9.17) is 11.6 Å². The Labute approximate surface area is 136 Å². The van der Waals surface area contributed by atoms with E-state index in [2.05, 4.69) is 28.9 Å². The van der Waals surface area contributed by atoms with Crippen LogP contribution in [0.5, 0.6) is 0 Å². The number of pyridine rings is 1. The van der Waals surface area contributed by atoms with Gasteiger partial charge in [0.15, 0.2) is 0 Å². The summed E-state index contributed by atoms with van der Waals surface area (Å²) in [7, 11) is -3.79. The number of amides is 1. The highest BCUT2D eigenvalue weighted by atomic mass is 35.5. The molecular formula is C14H22ClN3O3S. The number of halogens is 1. The third-order valence-electron chi connectivity index (χ3n) is 2.91. The van der Waals surface area contributed by atoms with Gasteiger partial charge < -0.3 is 5.32 Å². The molecular weight excluding hydrogens is 326 g/mol. The first kappa shape index (κ1) is 18.9. The Hall–Kier alpha value is -1.18. The molecule has 6 nitrogen and oxygen atoms in total. The number of aromatic nitrogens is 1. The summed E-state index contributed by atoms with van der Waals surface area (Å²) in [6, 6.07) is 2.32. The summed E-state index contributed by atoms with van der Waals surface area (Å²) in [5.41, 5.74) is 0. The molecule has 0 saturated heterocycles. The molecule has 0 aromatic carbocycles. The van der Waals surface area contributed by atoms with Crippen LogP contribution in [-0.4, -0.2) is 31.9 Å². The predicted molar refractivity (Wildman–Crippen MR) is 86.1 cm³/mol. The second-order valence-electron chi connectivity index (χ2n) is 5.55. The topological polar surface area (TPSA) is 88.2 Å². The maximum Gasteiger partial charge on any atom is 0.243 e. The van der Waals surface area contributed by atoms with Crippen LogP contribution in [0.25, 0.3) is 0 Å². The molecule has 1 aromatic rings. The van der Waals surface area contributed by atoms with Crippen LogP contribution in [0.15, 0.2) is 23.2 Å². The Bertz CT molecular complexity index is 605. The average Bonchev–Trinajstić information content (AvgIpc) is 2.37. The highest BCUT2D eigenvalue weighted by molar-refractivity contribution is 7.89. The standard InChI is InChI=1S/C14H22ClN3O3S/c1-10(2)6-8-16-13(19)9-11(3)18-22(20,21)12-5-4-7-17-14(12)15/h4-5,7,10-11,18H,6,8-9H2,1-3H3,(H,16,19)/t11-/m0/s1. The van der Waals surface area contributed by atoms with Crippen LogP contribution in [0.4, 0.5) is 0 Å². The van der Waals surface area contributed by atoms with Gasteiger partial charge in [-0.15, -0.1) is 0 Å². The number of hydrogen-bond acceptors (Lipinski definition) is 4. The fourth-order valence-corrected chi connectivity index (χ4v) is 3.49. The third-order valence-corrected chi connectivity index (χ3v) is 4.94. The van der Waals surface area contributed by atoms with Crippen molar-refractivity contribution >= 4 is 27.5 Å². The summed E-state index contributed by atoms with van der Waals surface area (Å²) in [6.07, 6.45) is 2.36. The van der Waals surface area contributed by atoms with Gasteiger partial charge in [-0.1, -0.05) is 25.4 Å². The van der Waals surface area contributed by atoms with Crippen molar-refractivity contribution in [2.45, 2.75) is 44.6 Å². The third kappa shape index (κ3) is 6.29. The van der Waals surface area contributed by atoms with Gasteiger partial charge in [-0.3, -0.25) is 4.79 Å². The Kier molecular flexibility index (Phi) is 7.25. The molecule has 0 spiro atoms. The molecule has 1 atom stereocenters. The molecule has 1 amide bonds. The minimum Gasteiger partial charge on any atom is -0.356 e. The zero-order chi connectivity index (χ0) is 16.8. The van der Waals surface area contributed by atoms with E-state index in [1.54, 1.807) is 6.92 Å². The largest absolute Gasteiger partial charge is 0.356 e. The molecule has 124 valence electrons. The fourth-order valence-electron chi connectivity index (χ4n) is 1.79. The number of nitrogens with one attached hydrogen (secondary N) is 2. The molecule has 0 aliphatic heterocycles. The molecule has 1 heterocycles. The highest BCUT2D eigenvalue weighted by Crippen LogP contribution is 2.18. The smallest absolute Gasteiger partial charge is 0.243 e. The van der Waals surface area contributed by atoms with Gasteiger partial charge in [0.2, 0.25) is 15.9 Å². The molecule has 0 aliphatic rings. The van der Waals surface area contributed by atoms with E-state index >= 15 is 0 Å². The van der Waals surface area contributed by atoms with Crippen molar-refractivity contribution in [1.29, 1.82) is 0 Å². The molecule has 0 unspecified atom stereocenters. The Morgan fingerprint density at radius 2 is 2.05 bits per heavy atom. The quantitative estimate of drug-likeness (QED) is 0.703. The van der Waals surface area contributed by atoms with Crippen molar-refractivity contribution in [2.24, 2.45) is 5.92 Å².